The number of fused-ring (bicyclic) bond motifs is 1. The Kier molecular flexibility index (Phi) is 5.32. The molecule has 3 rings (SSSR count). The quantitative estimate of drug-likeness (QED) is 0.807. The molecule has 1 aliphatic rings. The molecule has 5 heteroatoms. The second-order valence-electron chi connectivity index (χ2n) is 6.10. The summed E-state index contributed by atoms with van der Waals surface area (Å²) < 4.78 is 0. The fraction of sp³-hybridized carbons (Fsp3) is 0.316. The number of para-hydroxylation sites is 1. The van der Waals surface area contributed by atoms with Crippen LogP contribution in [0.1, 0.15) is 17.5 Å². The van der Waals surface area contributed by atoms with Crippen molar-refractivity contribution >= 4 is 34.8 Å². The first kappa shape index (κ1) is 17.1. The van der Waals surface area contributed by atoms with E-state index in [0.29, 0.717) is 29.4 Å². The van der Waals surface area contributed by atoms with Crippen molar-refractivity contribution in [2.24, 2.45) is 0 Å². The van der Waals surface area contributed by atoms with Crippen molar-refractivity contribution in [2.45, 2.75) is 19.4 Å². The van der Waals surface area contributed by atoms with E-state index in [1.54, 1.807) is 6.07 Å². The lowest BCUT2D eigenvalue weighted by Crippen LogP contribution is -2.34. The molecule has 0 aromatic heterocycles. The lowest BCUT2D eigenvalue weighted by Gasteiger charge is -2.21. The van der Waals surface area contributed by atoms with Gasteiger partial charge >= 0.3 is 0 Å². The van der Waals surface area contributed by atoms with E-state index in [1.807, 2.05) is 29.2 Å². The van der Waals surface area contributed by atoms with E-state index < -0.39 is 0 Å². The van der Waals surface area contributed by atoms with Gasteiger partial charge in [-0.2, -0.15) is 0 Å². The van der Waals surface area contributed by atoms with Gasteiger partial charge in [-0.3, -0.25) is 4.79 Å². The topological polar surface area (TPSA) is 23.6 Å². The van der Waals surface area contributed by atoms with Gasteiger partial charge < -0.3 is 9.80 Å². The van der Waals surface area contributed by atoms with Crippen LogP contribution in [0.4, 0.5) is 5.69 Å². The summed E-state index contributed by atoms with van der Waals surface area (Å²) in [6, 6.07) is 13.7. The molecule has 0 saturated carbocycles. The number of carbonyl (C=O) groups excluding carboxylic acids is 1. The number of likely N-dealkylation sites (N-methyl/N-ethyl adjacent to an activating group) is 1. The second-order valence-corrected chi connectivity index (χ2v) is 6.94. The molecule has 0 radical (unpaired) electrons. The van der Waals surface area contributed by atoms with Crippen molar-refractivity contribution in [3.05, 3.63) is 63.6 Å². The summed E-state index contributed by atoms with van der Waals surface area (Å²) in [7, 11) is 2.07. The van der Waals surface area contributed by atoms with Gasteiger partial charge in [-0.05, 0) is 35.7 Å². The van der Waals surface area contributed by atoms with Crippen molar-refractivity contribution in [1.29, 1.82) is 0 Å². The summed E-state index contributed by atoms with van der Waals surface area (Å²) in [5.41, 5.74) is 3.35. The normalized spacial score (nSPS) is 14.3. The molecule has 0 aliphatic carbocycles. The fourth-order valence-electron chi connectivity index (χ4n) is 3.03. The number of aryl methyl sites for hydroxylation is 1. The molecule has 0 fully saturated rings. The summed E-state index contributed by atoms with van der Waals surface area (Å²) in [6.07, 6.45) is 1.08. The molecule has 1 amide bonds. The number of anilines is 1. The number of rotatable bonds is 3. The Morgan fingerprint density at radius 1 is 1.12 bits per heavy atom. The van der Waals surface area contributed by atoms with Crippen LogP contribution in [0.3, 0.4) is 0 Å². The number of halogens is 2. The molecule has 0 N–H and O–H groups in total. The van der Waals surface area contributed by atoms with Crippen molar-refractivity contribution in [2.75, 3.05) is 25.0 Å². The number of benzene rings is 2. The van der Waals surface area contributed by atoms with Gasteiger partial charge in [0.2, 0.25) is 5.91 Å². The smallest absolute Gasteiger partial charge is 0.223 e. The molecule has 1 aliphatic heterocycles. The summed E-state index contributed by atoms with van der Waals surface area (Å²) in [5.74, 6) is 0.158. The lowest BCUT2D eigenvalue weighted by molar-refractivity contribution is -0.131. The van der Waals surface area contributed by atoms with E-state index in [4.69, 9.17) is 23.2 Å². The molecular weight excluding hydrogens is 343 g/mol. The van der Waals surface area contributed by atoms with Gasteiger partial charge in [-0.1, -0.05) is 47.5 Å². The molecule has 2 aromatic rings. The van der Waals surface area contributed by atoms with Crippen LogP contribution in [-0.2, 0) is 17.8 Å². The Balaban J connectivity index is 1.67. The standard InChI is InChI=1S/C19H20Cl2N2O/c1-22-10-11-23(13-15-4-2-3-5-18(15)22)19(24)9-7-14-6-8-16(20)12-17(14)21/h2-6,8,12H,7,9-11,13H2,1H3. The first-order chi connectivity index (χ1) is 11.5. The molecule has 0 bridgehead atoms. The zero-order valence-electron chi connectivity index (χ0n) is 13.6. The van der Waals surface area contributed by atoms with Crippen LogP contribution in [0.5, 0.6) is 0 Å². The Morgan fingerprint density at radius 3 is 2.71 bits per heavy atom. The Hall–Kier alpha value is -1.71. The highest BCUT2D eigenvalue weighted by Gasteiger charge is 2.21. The largest absolute Gasteiger partial charge is 0.373 e. The molecule has 126 valence electrons. The third-order valence-electron chi connectivity index (χ3n) is 4.45. The van der Waals surface area contributed by atoms with Gasteiger partial charge in [0.1, 0.15) is 0 Å². The Bertz CT molecular complexity index is 748. The summed E-state index contributed by atoms with van der Waals surface area (Å²) in [4.78, 5) is 16.8. The molecule has 3 nitrogen and oxygen atoms in total. The maximum absolute atomic E-state index is 12.7. The SMILES string of the molecule is CN1CCN(C(=O)CCc2ccc(Cl)cc2Cl)Cc2ccccc21. The van der Waals surface area contributed by atoms with Gasteiger partial charge in [0, 0.05) is 48.8 Å². The molecule has 0 saturated heterocycles. The van der Waals surface area contributed by atoms with E-state index in [0.717, 1.165) is 18.7 Å². The van der Waals surface area contributed by atoms with Crippen LogP contribution >= 0.6 is 23.2 Å². The highest BCUT2D eigenvalue weighted by atomic mass is 35.5. The van der Waals surface area contributed by atoms with E-state index in [-0.39, 0.29) is 5.91 Å². The molecule has 0 atom stereocenters. The zero-order chi connectivity index (χ0) is 17.1. The summed E-state index contributed by atoms with van der Waals surface area (Å²) >= 11 is 12.1. The van der Waals surface area contributed by atoms with Gasteiger partial charge in [0.25, 0.3) is 0 Å². The second kappa shape index (κ2) is 7.45. The molecule has 24 heavy (non-hydrogen) atoms. The third-order valence-corrected chi connectivity index (χ3v) is 5.03. The monoisotopic (exact) mass is 362 g/mol. The molecule has 2 aromatic carbocycles. The number of hydrogen-bond acceptors (Lipinski definition) is 2. The molecule has 0 unspecified atom stereocenters. The number of hydrogen-bond donors (Lipinski definition) is 0. The fourth-order valence-corrected chi connectivity index (χ4v) is 3.53. The third kappa shape index (κ3) is 3.85. The number of carbonyl (C=O) groups is 1. The molecular formula is C19H20Cl2N2O. The summed E-state index contributed by atoms with van der Waals surface area (Å²) in [6.45, 7) is 2.23. The zero-order valence-corrected chi connectivity index (χ0v) is 15.1. The van der Waals surface area contributed by atoms with E-state index in [9.17, 15) is 4.79 Å². The predicted molar refractivity (Wildman–Crippen MR) is 99.9 cm³/mol. The van der Waals surface area contributed by atoms with Gasteiger partial charge in [-0.15, -0.1) is 0 Å². The van der Waals surface area contributed by atoms with Crippen LogP contribution < -0.4 is 4.90 Å². The minimum atomic E-state index is 0.158. The van der Waals surface area contributed by atoms with Gasteiger partial charge in [-0.25, -0.2) is 0 Å². The van der Waals surface area contributed by atoms with Gasteiger partial charge in [0.15, 0.2) is 0 Å². The first-order valence-electron chi connectivity index (χ1n) is 8.05. The maximum Gasteiger partial charge on any atom is 0.223 e. The Morgan fingerprint density at radius 2 is 1.92 bits per heavy atom. The summed E-state index contributed by atoms with van der Waals surface area (Å²) in [5, 5.41) is 1.23. The van der Waals surface area contributed by atoms with Crippen LogP contribution in [0.25, 0.3) is 0 Å². The van der Waals surface area contributed by atoms with E-state index in [1.165, 1.54) is 11.3 Å². The van der Waals surface area contributed by atoms with Crippen LogP contribution in [0.15, 0.2) is 42.5 Å². The maximum atomic E-state index is 12.7. The first-order valence-corrected chi connectivity index (χ1v) is 8.81. The minimum absolute atomic E-state index is 0.158. The van der Waals surface area contributed by atoms with E-state index >= 15 is 0 Å². The van der Waals surface area contributed by atoms with Crippen molar-refractivity contribution in [3.8, 4) is 0 Å². The van der Waals surface area contributed by atoms with Crippen LogP contribution in [-0.4, -0.2) is 30.9 Å². The van der Waals surface area contributed by atoms with Gasteiger partial charge in [0.05, 0.1) is 0 Å². The number of nitrogens with zero attached hydrogens (tertiary/aromatic N) is 2. The van der Waals surface area contributed by atoms with Crippen molar-refractivity contribution in [1.82, 2.24) is 4.90 Å². The average molecular weight is 363 g/mol. The predicted octanol–water partition coefficient (Wildman–Crippen LogP) is 4.40. The van der Waals surface area contributed by atoms with Crippen molar-refractivity contribution in [3.63, 3.8) is 0 Å². The Labute approximate surface area is 152 Å². The molecule has 1 heterocycles. The molecule has 0 spiro atoms. The van der Waals surface area contributed by atoms with Crippen molar-refractivity contribution < 1.29 is 4.79 Å². The number of amides is 1. The highest BCUT2D eigenvalue weighted by molar-refractivity contribution is 6.35. The lowest BCUT2D eigenvalue weighted by atomic mass is 10.1. The average Bonchev–Trinajstić information content (AvgIpc) is 2.73. The minimum Gasteiger partial charge on any atom is -0.373 e. The highest BCUT2D eigenvalue weighted by Crippen LogP contribution is 2.25. The van der Waals surface area contributed by atoms with Crippen LogP contribution in [0, 0.1) is 0 Å². The van der Waals surface area contributed by atoms with Crippen LogP contribution in [0.2, 0.25) is 10.0 Å². The van der Waals surface area contributed by atoms with E-state index in [2.05, 4.69) is 24.1 Å².